The molecular formula is H4AsFO4. The molecule has 0 fully saturated rings. The Morgan fingerprint density at radius 3 is 1.17 bits per heavy atom. The predicted molar refractivity (Wildman–Crippen MR) is 15.6 cm³/mol. The Hall–Kier alpha value is 0.168. The van der Waals surface area contributed by atoms with Crippen molar-refractivity contribution in [3.05, 3.63) is 0 Å². The van der Waals surface area contributed by atoms with Gasteiger partial charge in [0, 0.05) is 0 Å². The van der Waals surface area contributed by atoms with Gasteiger partial charge in [0.2, 0.25) is 0 Å². The maximum absolute atomic E-state index is 8.94. The summed E-state index contributed by atoms with van der Waals surface area (Å²) in [6.45, 7) is 0. The summed E-state index contributed by atoms with van der Waals surface area (Å²) >= 11 is -5.12. The minimum atomic E-state index is -5.12. The molecule has 0 amide bonds. The Balaban J connectivity index is 0. The van der Waals surface area contributed by atoms with Crippen molar-refractivity contribution < 1.29 is 20.7 Å². The van der Waals surface area contributed by atoms with Crippen molar-refractivity contribution in [1.29, 1.82) is 0 Å². The summed E-state index contributed by atoms with van der Waals surface area (Å²) in [5, 5.41) is 0. The first-order valence-corrected chi connectivity index (χ1v) is 4.07. The van der Waals surface area contributed by atoms with E-state index in [1.807, 2.05) is 0 Å². The van der Waals surface area contributed by atoms with Crippen molar-refractivity contribution in [3.8, 4) is 0 Å². The van der Waals surface area contributed by atoms with Crippen LogP contribution in [0.4, 0.5) is 4.70 Å². The van der Waals surface area contributed by atoms with Gasteiger partial charge in [-0.2, -0.15) is 0 Å². The molecule has 40 valence electrons. The standard InChI is InChI=1S/AsH3O4.FH/c2-1(3,4)5;/h(H3,2,3,4,5);1H. The van der Waals surface area contributed by atoms with Gasteiger partial charge in [0.05, 0.1) is 0 Å². The van der Waals surface area contributed by atoms with Gasteiger partial charge in [0.1, 0.15) is 0 Å². The van der Waals surface area contributed by atoms with E-state index in [1.165, 1.54) is 0 Å². The van der Waals surface area contributed by atoms with Gasteiger partial charge >= 0.3 is 30.5 Å². The molecule has 0 bridgehead atoms. The number of halogens is 1. The molecule has 0 aromatic heterocycles. The van der Waals surface area contributed by atoms with E-state index in [2.05, 4.69) is 0 Å². The summed E-state index contributed by atoms with van der Waals surface area (Å²) < 4.78 is 30.7. The molecule has 6 heavy (non-hydrogen) atoms. The van der Waals surface area contributed by atoms with E-state index in [-0.39, 0.29) is 4.70 Å². The van der Waals surface area contributed by atoms with Gasteiger partial charge in [0.25, 0.3) is 0 Å². The van der Waals surface area contributed by atoms with Crippen LogP contribution in [0.2, 0.25) is 0 Å². The Labute approximate surface area is 36.1 Å². The summed E-state index contributed by atoms with van der Waals surface area (Å²) in [6, 6.07) is 0. The van der Waals surface area contributed by atoms with Crippen LogP contribution in [0.25, 0.3) is 0 Å². The van der Waals surface area contributed by atoms with E-state index in [0.29, 0.717) is 0 Å². The average Bonchev–Trinajstić information content (AvgIpc) is 0.722. The van der Waals surface area contributed by atoms with Gasteiger partial charge in [-0.3, -0.25) is 4.70 Å². The van der Waals surface area contributed by atoms with Crippen molar-refractivity contribution in [2.45, 2.75) is 0 Å². The van der Waals surface area contributed by atoms with Crippen molar-refractivity contribution in [2.75, 3.05) is 0 Å². The molecule has 0 aliphatic rings. The van der Waals surface area contributed by atoms with Gasteiger partial charge in [-0.1, -0.05) is 0 Å². The summed E-state index contributed by atoms with van der Waals surface area (Å²) in [7, 11) is 0. The van der Waals surface area contributed by atoms with Crippen LogP contribution in [0, 0.1) is 0 Å². The summed E-state index contributed by atoms with van der Waals surface area (Å²) in [6.07, 6.45) is 0. The van der Waals surface area contributed by atoms with Crippen LogP contribution >= 0.6 is 0 Å². The Morgan fingerprint density at radius 1 is 1.17 bits per heavy atom. The molecule has 0 radical (unpaired) electrons. The molecule has 0 saturated heterocycles. The molecule has 0 rings (SSSR count). The molecule has 0 aromatic rings. The fourth-order valence-corrected chi connectivity index (χ4v) is 0. The van der Waals surface area contributed by atoms with Crippen LogP contribution in [0.5, 0.6) is 0 Å². The van der Waals surface area contributed by atoms with Crippen molar-refractivity contribution >= 4 is 14.5 Å². The number of hydrogen-bond donors (Lipinski definition) is 3. The zero-order valence-corrected chi connectivity index (χ0v) is 4.48. The van der Waals surface area contributed by atoms with Crippen LogP contribution in [0.3, 0.4) is 0 Å². The Kier molecular flexibility index (Phi) is 3.73. The van der Waals surface area contributed by atoms with Crippen LogP contribution < -0.4 is 0 Å². The number of rotatable bonds is 0. The zero-order chi connectivity index (χ0) is 4.50. The molecule has 6 heteroatoms. The molecule has 0 aromatic carbocycles. The molecule has 0 aliphatic heterocycles. The quantitative estimate of drug-likeness (QED) is 0.359. The predicted octanol–water partition coefficient (Wildman–Crippen LogP) is -2.02. The first kappa shape index (κ1) is 9.48. The molecule has 4 nitrogen and oxygen atoms in total. The summed E-state index contributed by atoms with van der Waals surface area (Å²) in [5.74, 6) is 0. The fraction of sp³-hybridized carbons (Fsp3) is 0. The molecule has 3 N–H and O–H groups in total. The van der Waals surface area contributed by atoms with E-state index in [1.54, 1.807) is 0 Å². The number of hydrogen-bond acceptors (Lipinski definition) is 1. The molecule has 0 saturated carbocycles. The van der Waals surface area contributed by atoms with Gasteiger partial charge in [-0.25, -0.2) is 0 Å². The van der Waals surface area contributed by atoms with E-state index < -0.39 is 14.5 Å². The second-order valence-electron chi connectivity index (χ2n) is 0.513. The third-order valence-corrected chi connectivity index (χ3v) is 0. The second-order valence-corrected chi connectivity index (χ2v) is 2.67. The van der Waals surface area contributed by atoms with Gasteiger partial charge in [0.15, 0.2) is 0 Å². The first-order valence-electron chi connectivity index (χ1n) is 0.783. The third-order valence-electron chi connectivity index (χ3n) is 0. The van der Waals surface area contributed by atoms with Crippen molar-refractivity contribution in [2.24, 2.45) is 0 Å². The molecule has 0 spiro atoms. The van der Waals surface area contributed by atoms with E-state index in [9.17, 15) is 0 Å². The first-order chi connectivity index (χ1) is 2.00. The summed E-state index contributed by atoms with van der Waals surface area (Å²) in [4.78, 5) is 0. The van der Waals surface area contributed by atoms with Gasteiger partial charge < -0.3 is 0 Å². The van der Waals surface area contributed by atoms with E-state index >= 15 is 0 Å². The molecule has 0 unspecified atom stereocenters. The molecule has 0 aliphatic carbocycles. The van der Waals surface area contributed by atoms with Gasteiger partial charge in [-0.05, 0) is 0 Å². The third kappa shape index (κ3) is 1470. The average molecular weight is 162 g/mol. The van der Waals surface area contributed by atoms with E-state index in [4.69, 9.17) is 16.0 Å². The Bertz CT molecular complexity index is 53.7. The molecule has 0 heterocycles. The van der Waals surface area contributed by atoms with Crippen LogP contribution in [-0.2, 0) is 3.74 Å². The SMILES string of the molecule is F.O=[As](O)(O)O. The van der Waals surface area contributed by atoms with Crippen LogP contribution in [0.1, 0.15) is 0 Å². The van der Waals surface area contributed by atoms with Gasteiger partial charge in [-0.15, -0.1) is 0 Å². The molecule has 0 atom stereocenters. The van der Waals surface area contributed by atoms with Crippen LogP contribution in [0.15, 0.2) is 0 Å². The second kappa shape index (κ2) is 2.36. The fourth-order valence-electron chi connectivity index (χ4n) is 0. The normalized spacial score (nSPS) is 9.83. The maximum atomic E-state index is 8.94. The van der Waals surface area contributed by atoms with E-state index in [0.717, 1.165) is 0 Å². The van der Waals surface area contributed by atoms with Crippen LogP contribution in [-0.4, -0.2) is 26.8 Å². The topological polar surface area (TPSA) is 77.8 Å². The zero-order valence-electron chi connectivity index (χ0n) is 2.61. The van der Waals surface area contributed by atoms with Crippen molar-refractivity contribution in [1.82, 2.24) is 0 Å². The van der Waals surface area contributed by atoms with Crippen molar-refractivity contribution in [3.63, 3.8) is 0 Å². The minimum absolute atomic E-state index is 0. The Morgan fingerprint density at radius 2 is 1.17 bits per heavy atom. The molecular weight excluding hydrogens is 158 g/mol. The monoisotopic (exact) mass is 162 g/mol. The summed E-state index contributed by atoms with van der Waals surface area (Å²) in [5.41, 5.74) is 0.